The number of halogens is 1. The van der Waals surface area contributed by atoms with Gasteiger partial charge in [0, 0.05) is 19.1 Å². The SMILES string of the molecule is NC1CCC(n2cc(C(=O)N3CCc4cc5ccc4C3c3cccc(c3)OCCCNC(=O)Cc3ccc(F)c(c3)O5)nn2)CC1. The van der Waals surface area contributed by atoms with Crippen molar-refractivity contribution in [1.29, 1.82) is 0 Å². The Morgan fingerprint density at radius 2 is 1.89 bits per heavy atom. The number of ether oxygens (including phenoxy) is 2. The molecule has 1 fully saturated rings. The van der Waals surface area contributed by atoms with Crippen molar-refractivity contribution < 1.29 is 23.5 Å². The van der Waals surface area contributed by atoms with E-state index in [-0.39, 0.29) is 36.1 Å². The topological polar surface area (TPSA) is 125 Å². The van der Waals surface area contributed by atoms with Crippen LogP contribution in [0.3, 0.4) is 0 Å². The number of fused-ring (bicyclic) bond motifs is 7. The van der Waals surface area contributed by atoms with Crippen LogP contribution in [-0.4, -0.2) is 57.4 Å². The molecule has 1 saturated carbocycles. The molecule has 3 aromatic carbocycles. The Balaban J connectivity index is 1.24. The van der Waals surface area contributed by atoms with Crippen LogP contribution in [-0.2, 0) is 17.6 Å². The van der Waals surface area contributed by atoms with E-state index in [1.807, 2.05) is 46.0 Å². The van der Waals surface area contributed by atoms with Gasteiger partial charge in [-0.3, -0.25) is 9.59 Å². The monoisotopic (exact) mass is 624 g/mol. The van der Waals surface area contributed by atoms with Crippen molar-refractivity contribution in [2.45, 2.75) is 63.1 Å². The largest absolute Gasteiger partial charge is 0.494 e. The van der Waals surface area contributed by atoms with Gasteiger partial charge in [0.1, 0.15) is 11.5 Å². The maximum Gasteiger partial charge on any atom is 0.276 e. The highest BCUT2D eigenvalue weighted by Gasteiger charge is 2.35. The molecule has 4 heterocycles. The lowest BCUT2D eigenvalue weighted by atomic mass is 9.87. The summed E-state index contributed by atoms with van der Waals surface area (Å²) in [7, 11) is 0. The molecule has 238 valence electrons. The van der Waals surface area contributed by atoms with Gasteiger partial charge < -0.3 is 25.4 Å². The Morgan fingerprint density at radius 1 is 1.02 bits per heavy atom. The third-order valence-electron chi connectivity index (χ3n) is 9.12. The number of benzene rings is 3. The van der Waals surface area contributed by atoms with E-state index in [0.717, 1.165) is 42.4 Å². The number of aromatic nitrogens is 3. The average molecular weight is 625 g/mol. The fraction of sp³-hybridized carbons (Fsp3) is 0.371. The number of nitrogens with zero attached hydrogens (tertiary/aromatic N) is 4. The number of carbonyl (C=O) groups excluding carboxylic acids is 2. The number of carbonyl (C=O) groups is 2. The van der Waals surface area contributed by atoms with Gasteiger partial charge in [0.05, 0.1) is 31.3 Å². The zero-order chi connectivity index (χ0) is 31.6. The maximum atomic E-state index is 14.8. The molecule has 2 amide bonds. The summed E-state index contributed by atoms with van der Waals surface area (Å²) < 4.78 is 28.7. The molecule has 46 heavy (non-hydrogen) atoms. The van der Waals surface area contributed by atoms with Crippen LogP contribution in [0.1, 0.15) is 76.9 Å². The van der Waals surface area contributed by atoms with Crippen molar-refractivity contribution >= 4 is 11.8 Å². The number of nitrogens with one attached hydrogen (secondary N) is 1. The minimum absolute atomic E-state index is 0.0523. The lowest BCUT2D eigenvalue weighted by molar-refractivity contribution is -0.120. The van der Waals surface area contributed by atoms with Crippen LogP contribution >= 0.6 is 0 Å². The van der Waals surface area contributed by atoms with E-state index in [2.05, 4.69) is 15.6 Å². The molecule has 0 spiro atoms. The molecule has 10 nitrogen and oxygen atoms in total. The second kappa shape index (κ2) is 12.9. The van der Waals surface area contributed by atoms with Crippen molar-refractivity contribution in [2.75, 3.05) is 19.7 Å². The number of nitrogens with two attached hydrogens (primary N) is 1. The highest BCUT2D eigenvalue weighted by Crippen LogP contribution is 2.39. The molecule has 3 aliphatic heterocycles. The Morgan fingerprint density at radius 3 is 2.76 bits per heavy atom. The number of hydrogen-bond acceptors (Lipinski definition) is 7. The predicted molar refractivity (Wildman–Crippen MR) is 168 cm³/mol. The van der Waals surface area contributed by atoms with Gasteiger partial charge in [-0.2, -0.15) is 0 Å². The van der Waals surface area contributed by atoms with Crippen LogP contribution in [0, 0.1) is 5.82 Å². The Labute approximate surface area is 266 Å². The van der Waals surface area contributed by atoms with Crippen LogP contribution in [0.15, 0.2) is 66.9 Å². The molecule has 1 unspecified atom stereocenters. The molecule has 1 aromatic heterocycles. The molecule has 3 N–H and O–H groups in total. The molecule has 1 aliphatic carbocycles. The second-order valence-electron chi connectivity index (χ2n) is 12.3. The van der Waals surface area contributed by atoms with E-state index >= 15 is 0 Å². The summed E-state index contributed by atoms with van der Waals surface area (Å²) in [6.45, 7) is 1.28. The first kappa shape index (κ1) is 29.9. The van der Waals surface area contributed by atoms with Crippen LogP contribution in [0.4, 0.5) is 4.39 Å². The van der Waals surface area contributed by atoms with Crippen LogP contribution < -0.4 is 20.5 Å². The minimum Gasteiger partial charge on any atom is -0.494 e. The highest BCUT2D eigenvalue weighted by atomic mass is 19.1. The summed E-state index contributed by atoms with van der Waals surface area (Å²) in [5, 5.41) is 11.6. The summed E-state index contributed by atoms with van der Waals surface area (Å²) in [5.74, 6) is 0.328. The Kier molecular flexibility index (Phi) is 8.40. The van der Waals surface area contributed by atoms with E-state index in [9.17, 15) is 14.0 Å². The van der Waals surface area contributed by atoms with Crippen molar-refractivity contribution in [3.8, 4) is 17.2 Å². The normalized spacial score (nSPS) is 21.7. The Bertz CT molecular complexity index is 1750. The fourth-order valence-electron chi connectivity index (χ4n) is 6.69. The van der Waals surface area contributed by atoms with Crippen molar-refractivity contribution in [2.24, 2.45) is 5.73 Å². The first-order valence-electron chi connectivity index (χ1n) is 16.0. The molecule has 0 saturated heterocycles. The number of amides is 2. The van der Waals surface area contributed by atoms with E-state index in [0.29, 0.717) is 55.3 Å². The summed E-state index contributed by atoms with van der Waals surface area (Å²) >= 11 is 0. The Hall–Kier alpha value is -4.77. The van der Waals surface area contributed by atoms with E-state index < -0.39 is 11.9 Å². The third-order valence-corrected chi connectivity index (χ3v) is 9.12. The molecular formula is C35H37FN6O4. The molecule has 8 rings (SSSR count). The molecule has 1 atom stereocenters. The average Bonchev–Trinajstić information content (AvgIpc) is 3.56. The maximum absolute atomic E-state index is 14.8. The smallest absolute Gasteiger partial charge is 0.276 e. The van der Waals surface area contributed by atoms with Gasteiger partial charge in [-0.15, -0.1) is 5.10 Å². The standard InChI is InChI=1S/C35H37FN6O4/c36-30-12-5-22-17-32(30)46-28-10-11-29-23(19-28)13-15-41(35(44)31-21-42(40-39-31)26-8-6-25(37)7-9-26)34(29)24-3-1-4-27(20-24)45-16-2-14-38-33(43)18-22/h1,3-5,10-12,17,19-21,25-26,34H,2,6-9,13-16,18,37H2,(H,38,43). The summed E-state index contributed by atoms with van der Waals surface area (Å²) in [5.41, 5.74) is 9.88. The molecule has 8 bridgehead atoms. The second-order valence-corrected chi connectivity index (χ2v) is 12.3. The molecule has 4 aromatic rings. The van der Waals surface area contributed by atoms with Crippen LogP contribution in [0.25, 0.3) is 0 Å². The van der Waals surface area contributed by atoms with Crippen molar-refractivity contribution in [3.63, 3.8) is 0 Å². The van der Waals surface area contributed by atoms with Crippen molar-refractivity contribution in [3.05, 3.63) is 101 Å². The zero-order valence-electron chi connectivity index (χ0n) is 25.5. The molecule has 11 heteroatoms. The molecular weight excluding hydrogens is 587 g/mol. The fourth-order valence-corrected chi connectivity index (χ4v) is 6.69. The number of hydrogen-bond donors (Lipinski definition) is 2. The van der Waals surface area contributed by atoms with Crippen LogP contribution in [0.5, 0.6) is 17.2 Å². The van der Waals surface area contributed by atoms with E-state index in [1.54, 1.807) is 24.4 Å². The van der Waals surface area contributed by atoms with Gasteiger partial charge in [-0.25, -0.2) is 9.07 Å². The summed E-state index contributed by atoms with van der Waals surface area (Å²) in [4.78, 5) is 28.5. The van der Waals surface area contributed by atoms with Gasteiger partial charge in [0.2, 0.25) is 5.91 Å². The lowest BCUT2D eigenvalue weighted by Gasteiger charge is -2.37. The highest BCUT2D eigenvalue weighted by molar-refractivity contribution is 5.92. The van der Waals surface area contributed by atoms with Gasteiger partial charge in [0.15, 0.2) is 17.3 Å². The van der Waals surface area contributed by atoms with E-state index in [4.69, 9.17) is 15.2 Å². The van der Waals surface area contributed by atoms with E-state index in [1.165, 1.54) is 6.07 Å². The molecule has 4 aliphatic rings. The van der Waals surface area contributed by atoms with Crippen molar-refractivity contribution in [1.82, 2.24) is 25.2 Å². The third kappa shape index (κ3) is 6.32. The molecule has 0 radical (unpaired) electrons. The summed E-state index contributed by atoms with van der Waals surface area (Å²) in [6, 6.07) is 17.8. The predicted octanol–water partition coefficient (Wildman–Crippen LogP) is 4.88. The van der Waals surface area contributed by atoms with Crippen LogP contribution in [0.2, 0.25) is 0 Å². The zero-order valence-corrected chi connectivity index (χ0v) is 25.5. The summed E-state index contributed by atoms with van der Waals surface area (Å²) in [6.07, 6.45) is 6.73. The lowest BCUT2D eigenvalue weighted by Crippen LogP contribution is -2.40. The quantitative estimate of drug-likeness (QED) is 0.326. The number of rotatable bonds is 2. The van der Waals surface area contributed by atoms with Gasteiger partial charge in [-0.1, -0.05) is 29.5 Å². The van der Waals surface area contributed by atoms with Gasteiger partial charge in [0.25, 0.3) is 5.91 Å². The van der Waals surface area contributed by atoms with Gasteiger partial charge >= 0.3 is 0 Å². The first-order chi connectivity index (χ1) is 22.4. The van der Waals surface area contributed by atoms with Gasteiger partial charge in [-0.05, 0) is 97.2 Å². The minimum atomic E-state index is -0.513. The first-order valence-corrected chi connectivity index (χ1v) is 16.0.